The second-order valence-corrected chi connectivity index (χ2v) is 7.37. The largest absolute Gasteiger partial charge is 0.334 e. The molecule has 3 rings (SSSR count). The molecule has 150 valence electrons. The van der Waals surface area contributed by atoms with Crippen molar-refractivity contribution in [1.82, 2.24) is 14.7 Å². The van der Waals surface area contributed by atoms with Gasteiger partial charge in [-0.3, -0.25) is 19.6 Å². The summed E-state index contributed by atoms with van der Waals surface area (Å²) in [5, 5.41) is 15.4. The highest BCUT2D eigenvalue weighted by Gasteiger charge is 2.28. The van der Waals surface area contributed by atoms with Gasteiger partial charge in [0.05, 0.1) is 4.92 Å². The Morgan fingerprint density at radius 2 is 1.89 bits per heavy atom. The number of carbonyl (C=O) groups is 1. The third-order valence-electron chi connectivity index (χ3n) is 5.41. The summed E-state index contributed by atoms with van der Waals surface area (Å²) in [4.78, 5) is 25.7. The normalized spacial score (nSPS) is 14.8. The fraction of sp³-hybridized carbons (Fsp3) is 0.500. The lowest BCUT2D eigenvalue weighted by atomic mass is 9.93. The summed E-state index contributed by atoms with van der Waals surface area (Å²) < 4.78 is 14.6. The number of carbonyl (C=O) groups excluding carboxylic acids is 1. The Bertz CT molecular complexity index is 857. The molecule has 0 bridgehead atoms. The van der Waals surface area contributed by atoms with E-state index in [1.165, 1.54) is 23.2 Å². The Kier molecular flexibility index (Phi) is 6.06. The first-order valence-electron chi connectivity index (χ1n) is 9.59. The van der Waals surface area contributed by atoms with Crippen molar-refractivity contribution >= 4 is 11.6 Å². The molecule has 0 N–H and O–H groups in total. The molecule has 1 aromatic heterocycles. The summed E-state index contributed by atoms with van der Waals surface area (Å²) in [5.74, 6) is -0.439. The first-order valence-corrected chi connectivity index (χ1v) is 9.59. The van der Waals surface area contributed by atoms with Gasteiger partial charge >= 0.3 is 5.69 Å². The van der Waals surface area contributed by atoms with Crippen molar-refractivity contribution in [2.75, 3.05) is 0 Å². The second-order valence-electron chi connectivity index (χ2n) is 7.37. The lowest BCUT2D eigenvalue weighted by Gasteiger charge is -2.34. The number of nitrogens with zero attached hydrogens (tertiary/aromatic N) is 4. The lowest BCUT2D eigenvalue weighted by molar-refractivity contribution is -0.386. The van der Waals surface area contributed by atoms with Crippen LogP contribution in [0.15, 0.2) is 24.3 Å². The van der Waals surface area contributed by atoms with Crippen LogP contribution in [0.2, 0.25) is 0 Å². The van der Waals surface area contributed by atoms with E-state index in [0.717, 1.165) is 31.2 Å². The highest BCUT2D eigenvalue weighted by molar-refractivity contribution is 5.76. The summed E-state index contributed by atoms with van der Waals surface area (Å²) in [6.07, 6.45) is 5.18. The summed E-state index contributed by atoms with van der Waals surface area (Å²) in [6, 6.07) is 6.28. The molecule has 2 aromatic rings. The molecule has 0 spiro atoms. The number of amides is 1. The average Bonchev–Trinajstić information content (AvgIpc) is 2.95. The minimum absolute atomic E-state index is 0.0434. The van der Waals surface area contributed by atoms with Gasteiger partial charge in [-0.2, -0.15) is 5.10 Å². The minimum Gasteiger partial charge on any atom is -0.334 e. The van der Waals surface area contributed by atoms with E-state index >= 15 is 0 Å². The lowest BCUT2D eigenvalue weighted by Crippen LogP contribution is -2.42. The van der Waals surface area contributed by atoms with Crippen LogP contribution in [-0.4, -0.2) is 31.6 Å². The van der Waals surface area contributed by atoms with Crippen molar-refractivity contribution in [2.45, 2.75) is 65.1 Å². The summed E-state index contributed by atoms with van der Waals surface area (Å²) in [5.41, 5.74) is 1.49. The maximum atomic E-state index is 13.2. The van der Waals surface area contributed by atoms with Gasteiger partial charge < -0.3 is 4.90 Å². The van der Waals surface area contributed by atoms with E-state index in [9.17, 15) is 19.3 Å². The van der Waals surface area contributed by atoms with Gasteiger partial charge in [-0.1, -0.05) is 31.4 Å². The topological polar surface area (TPSA) is 81.3 Å². The van der Waals surface area contributed by atoms with Gasteiger partial charge in [-0.25, -0.2) is 4.39 Å². The first kappa shape index (κ1) is 20.0. The Balaban J connectivity index is 1.82. The van der Waals surface area contributed by atoms with Crippen molar-refractivity contribution in [3.05, 3.63) is 57.1 Å². The van der Waals surface area contributed by atoms with Gasteiger partial charge in [0.15, 0.2) is 0 Å². The number of rotatable bonds is 6. The molecular formula is C20H25FN4O3. The van der Waals surface area contributed by atoms with Crippen LogP contribution in [0.25, 0.3) is 0 Å². The second kappa shape index (κ2) is 8.50. The number of nitro groups is 1. The molecule has 1 saturated carbocycles. The Hall–Kier alpha value is -2.77. The van der Waals surface area contributed by atoms with Crippen LogP contribution in [0.5, 0.6) is 0 Å². The predicted octanol–water partition coefficient (Wildman–Crippen LogP) is 3.91. The third-order valence-corrected chi connectivity index (χ3v) is 5.41. The molecule has 0 atom stereocenters. The van der Waals surface area contributed by atoms with Gasteiger partial charge in [-0.15, -0.1) is 0 Å². The van der Waals surface area contributed by atoms with Crippen LogP contribution in [-0.2, 0) is 17.9 Å². The molecule has 1 aliphatic carbocycles. The number of hydrogen-bond acceptors (Lipinski definition) is 4. The van der Waals surface area contributed by atoms with Crippen molar-refractivity contribution in [1.29, 1.82) is 0 Å². The van der Waals surface area contributed by atoms with Gasteiger partial charge in [0.1, 0.15) is 23.7 Å². The molecule has 0 saturated heterocycles. The quantitative estimate of drug-likeness (QED) is 0.555. The molecule has 7 nitrogen and oxygen atoms in total. The molecule has 1 aromatic carbocycles. The fourth-order valence-electron chi connectivity index (χ4n) is 3.92. The maximum absolute atomic E-state index is 13.2. The van der Waals surface area contributed by atoms with E-state index in [0.29, 0.717) is 17.9 Å². The van der Waals surface area contributed by atoms with E-state index in [1.54, 1.807) is 26.0 Å². The summed E-state index contributed by atoms with van der Waals surface area (Å²) >= 11 is 0. The van der Waals surface area contributed by atoms with Crippen molar-refractivity contribution < 1.29 is 14.1 Å². The summed E-state index contributed by atoms with van der Waals surface area (Å²) in [7, 11) is 0. The molecular weight excluding hydrogens is 363 g/mol. The van der Waals surface area contributed by atoms with E-state index in [2.05, 4.69) is 5.10 Å². The van der Waals surface area contributed by atoms with Gasteiger partial charge in [-0.05, 0) is 44.4 Å². The average molecular weight is 388 g/mol. The van der Waals surface area contributed by atoms with Crippen molar-refractivity contribution in [3.8, 4) is 0 Å². The SMILES string of the molecule is Cc1nn(CC(=O)N(Cc2ccc(F)cc2)C2CCCCC2)c(C)c1[N+](=O)[O-]. The van der Waals surface area contributed by atoms with Crippen LogP contribution < -0.4 is 0 Å². The third kappa shape index (κ3) is 4.37. The standard InChI is InChI=1S/C20H25FN4O3/c1-14-20(25(27)28)15(2)24(22-14)13-19(26)23(18-6-4-3-5-7-18)12-16-8-10-17(21)11-9-16/h8-11,18H,3-7,12-13H2,1-2H3. The number of benzene rings is 1. The monoisotopic (exact) mass is 388 g/mol. The Morgan fingerprint density at radius 1 is 1.25 bits per heavy atom. The molecule has 1 aliphatic rings. The van der Waals surface area contributed by atoms with E-state index < -0.39 is 4.92 Å². The minimum atomic E-state index is -0.462. The molecule has 1 fully saturated rings. The zero-order valence-electron chi connectivity index (χ0n) is 16.2. The maximum Gasteiger partial charge on any atom is 0.312 e. The number of aromatic nitrogens is 2. The number of aryl methyl sites for hydroxylation is 1. The van der Waals surface area contributed by atoms with Gasteiger partial charge in [0.25, 0.3) is 0 Å². The fourth-order valence-corrected chi connectivity index (χ4v) is 3.92. The summed E-state index contributed by atoms with van der Waals surface area (Å²) in [6.45, 7) is 3.53. The van der Waals surface area contributed by atoms with Gasteiger partial charge in [0, 0.05) is 12.6 Å². The van der Waals surface area contributed by atoms with Crippen molar-refractivity contribution in [2.24, 2.45) is 0 Å². The molecule has 1 amide bonds. The molecule has 28 heavy (non-hydrogen) atoms. The number of halogens is 1. The van der Waals surface area contributed by atoms with Crippen LogP contribution in [0.1, 0.15) is 49.1 Å². The van der Waals surface area contributed by atoms with Crippen LogP contribution in [0, 0.1) is 29.8 Å². The number of hydrogen-bond donors (Lipinski definition) is 0. The molecule has 1 heterocycles. The van der Waals surface area contributed by atoms with Crippen LogP contribution >= 0.6 is 0 Å². The predicted molar refractivity (Wildman–Crippen MR) is 102 cm³/mol. The molecule has 0 unspecified atom stereocenters. The Morgan fingerprint density at radius 3 is 2.46 bits per heavy atom. The molecule has 0 radical (unpaired) electrons. The van der Waals surface area contributed by atoms with E-state index in [1.807, 2.05) is 4.90 Å². The van der Waals surface area contributed by atoms with Gasteiger partial charge in [0.2, 0.25) is 5.91 Å². The Labute approximate surface area is 163 Å². The van der Waals surface area contributed by atoms with Crippen molar-refractivity contribution in [3.63, 3.8) is 0 Å². The van der Waals surface area contributed by atoms with Crippen LogP contribution in [0.4, 0.5) is 10.1 Å². The van der Waals surface area contributed by atoms with E-state index in [-0.39, 0.29) is 30.0 Å². The molecule has 0 aliphatic heterocycles. The molecule has 8 heteroatoms. The van der Waals surface area contributed by atoms with E-state index in [4.69, 9.17) is 0 Å². The van der Waals surface area contributed by atoms with Crippen LogP contribution in [0.3, 0.4) is 0 Å². The highest BCUT2D eigenvalue weighted by atomic mass is 19.1. The first-order chi connectivity index (χ1) is 13.4. The smallest absolute Gasteiger partial charge is 0.312 e. The zero-order chi connectivity index (χ0) is 20.3. The highest BCUT2D eigenvalue weighted by Crippen LogP contribution is 2.26. The zero-order valence-corrected chi connectivity index (χ0v) is 16.2.